The number of carboxylic acids is 1. The van der Waals surface area contributed by atoms with Crippen molar-refractivity contribution in [1.82, 2.24) is 0 Å². The molecule has 1 N–H and O–H groups in total. The fourth-order valence-electron chi connectivity index (χ4n) is 0. The molecule has 0 atom stereocenters. The van der Waals surface area contributed by atoms with Crippen LogP contribution in [0.1, 0.15) is 20.3 Å². The third kappa shape index (κ3) is 114. The van der Waals surface area contributed by atoms with Crippen LogP contribution in [0.15, 0.2) is 0 Å². The molecule has 0 saturated carbocycles. The van der Waals surface area contributed by atoms with E-state index in [1.165, 1.54) is 6.42 Å². The SMILES string of the molecule is CC(=O)[O-].CCC[SH2+].[K+].[OH-]. The first-order chi connectivity index (χ1) is 3.65. The molecule has 3 nitrogen and oxygen atoms in total. The van der Waals surface area contributed by atoms with Gasteiger partial charge in [-0.3, -0.25) is 0 Å². The van der Waals surface area contributed by atoms with Gasteiger partial charge in [0.25, 0.3) is 0 Å². The van der Waals surface area contributed by atoms with E-state index in [-0.39, 0.29) is 56.9 Å². The Morgan fingerprint density at radius 1 is 1.60 bits per heavy atom. The van der Waals surface area contributed by atoms with Crippen LogP contribution in [0.3, 0.4) is 0 Å². The Kier molecular flexibility index (Phi) is 50.5. The second kappa shape index (κ2) is 22.4. The monoisotopic (exact) mass is 192 g/mol. The summed E-state index contributed by atoms with van der Waals surface area (Å²) in [5, 5.41) is 8.89. The molecule has 0 unspecified atom stereocenters. The van der Waals surface area contributed by atoms with Crippen LogP contribution < -0.4 is 56.5 Å². The zero-order chi connectivity index (χ0) is 6.99. The number of aliphatic carboxylic acids is 1. The Morgan fingerprint density at radius 2 is 1.70 bits per heavy atom. The molecule has 0 aromatic heterocycles. The summed E-state index contributed by atoms with van der Waals surface area (Å²) in [5.41, 5.74) is 0. The fraction of sp³-hybridized carbons (Fsp3) is 0.800. The maximum Gasteiger partial charge on any atom is 1.00 e. The average Bonchev–Trinajstić information content (AvgIpc) is 1.65. The summed E-state index contributed by atoms with van der Waals surface area (Å²) in [7, 11) is 0. The van der Waals surface area contributed by atoms with Crippen molar-refractivity contribution in [2.24, 2.45) is 0 Å². The molecule has 0 amide bonds. The van der Waals surface area contributed by atoms with Crippen LogP contribution >= 0.6 is 0 Å². The third-order valence-electron chi connectivity index (χ3n) is 0.250. The van der Waals surface area contributed by atoms with Crippen molar-refractivity contribution in [2.45, 2.75) is 20.3 Å². The van der Waals surface area contributed by atoms with E-state index in [0.717, 1.165) is 12.7 Å². The van der Waals surface area contributed by atoms with Gasteiger partial charge in [-0.1, -0.05) is 6.92 Å². The van der Waals surface area contributed by atoms with Gasteiger partial charge in [0.05, 0.1) is 0 Å². The minimum Gasteiger partial charge on any atom is -0.870 e. The Bertz CT molecular complexity index is 54.9. The second-order valence-corrected chi connectivity index (χ2v) is 1.74. The second-order valence-electron chi connectivity index (χ2n) is 1.24. The summed E-state index contributed by atoms with van der Waals surface area (Å²) in [4.78, 5) is 8.89. The van der Waals surface area contributed by atoms with Crippen molar-refractivity contribution >= 4 is 18.6 Å². The number of rotatable bonds is 1. The summed E-state index contributed by atoms with van der Waals surface area (Å²) < 4.78 is 0. The van der Waals surface area contributed by atoms with Crippen LogP contribution in [0, 0.1) is 0 Å². The molecule has 0 bridgehead atoms. The molecule has 0 aliphatic carbocycles. The maximum atomic E-state index is 8.89. The molecule has 0 saturated heterocycles. The first-order valence-electron chi connectivity index (χ1n) is 2.47. The molecule has 0 rings (SSSR count). The van der Waals surface area contributed by atoms with E-state index in [0.29, 0.717) is 0 Å². The predicted octanol–water partition coefficient (Wildman–Crippen LogP) is -4.01. The number of hydrogen-bond donors (Lipinski definition) is 0. The number of carboxylic acid groups (broad SMARTS) is 1. The van der Waals surface area contributed by atoms with Crippen LogP contribution in [0.4, 0.5) is 0 Å². The molecule has 58 valence electrons. The predicted molar refractivity (Wildman–Crippen MR) is 37.9 cm³/mol. The largest absolute Gasteiger partial charge is 1.00 e. The number of carbonyl (C=O) groups excluding carboxylic acids is 1. The topological polar surface area (TPSA) is 70.1 Å². The number of hydrogen-bond acceptors (Lipinski definition) is 3. The molecule has 0 aliphatic rings. The Hall–Kier alpha value is 1.42. The van der Waals surface area contributed by atoms with Crippen molar-refractivity contribution in [3.05, 3.63) is 0 Å². The van der Waals surface area contributed by atoms with E-state index in [1.807, 2.05) is 0 Å². The zero-order valence-corrected chi connectivity index (χ0v) is 10.8. The molecule has 0 aromatic carbocycles. The normalized spacial score (nSPS) is 5.50. The summed E-state index contributed by atoms with van der Waals surface area (Å²) in [6.45, 7) is 3.10. The molecular formula is C5H13KO3S. The van der Waals surface area contributed by atoms with Crippen LogP contribution in [-0.2, 0) is 17.4 Å². The molecule has 10 heavy (non-hydrogen) atoms. The minimum atomic E-state index is -1.08. The van der Waals surface area contributed by atoms with Crippen LogP contribution in [0.2, 0.25) is 0 Å². The van der Waals surface area contributed by atoms with Gasteiger partial charge in [0, 0.05) is 5.97 Å². The smallest absolute Gasteiger partial charge is 0.870 e. The first kappa shape index (κ1) is 22.5. The van der Waals surface area contributed by atoms with E-state index in [9.17, 15) is 0 Å². The molecule has 0 radical (unpaired) electrons. The number of carbonyl (C=O) groups is 1. The van der Waals surface area contributed by atoms with Gasteiger partial charge in [-0.2, -0.15) is 0 Å². The maximum absolute atomic E-state index is 8.89. The van der Waals surface area contributed by atoms with Crippen LogP contribution in [0.5, 0.6) is 0 Å². The van der Waals surface area contributed by atoms with Gasteiger partial charge in [0.2, 0.25) is 0 Å². The van der Waals surface area contributed by atoms with Crippen molar-refractivity contribution < 1.29 is 66.8 Å². The summed E-state index contributed by atoms with van der Waals surface area (Å²) in [6.07, 6.45) is 1.23. The third-order valence-corrected chi connectivity index (χ3v) is 0.750. The molecule has 0 aromatic rings. The van der Waals surface area contributed by atoms with E-state index < -0.39 is 5.97 Å². The first-order valence-corrected chi connectivity index (χ1v) is 3.18. The van der Waals surface area contributed by atoms with Gasteiger partial charge in [0.15, 0.2) is 0 Å². The standard InChI is InChI=1S/C3H8S.C2H4O2.K.H2O/c1-2-3-4;1-2(3)4;;/h4H,2-3H2,1H3;1H3,(H,3,4);;1H2/q;;+1;/p-1. The Balaban J connectivity index is -0.0000000300. The van der Waals surface area contributed by atoms with Crippen molar-refractivity contribution in [3.63, 3.8) is 0 Å². The van der Waals surface area contributed by atoms with Gasteiger partial charge >= 0.3 is 51.4 Å². The zero-order valence-electron chi connectivity index (χ0n) is 6.68. The van der Waals surface area contributed by atoms with Crippen molar-refractivity contribution in [2.75, 3.05) is 5.75 Å². The summed E-state index contributed by atoms with van der Waals surface area (Å²) >= 11 is 3.29. The summed E-state index contributed by atoms with van der Waals surface area (Å²) in [5.74, 6) is 0.0417. The summed E-state index contributed by atoms with van der Waals surface area (Å²) in [6, 6.07) is 0. The van der Waals surface area contributed by atoms with Crippen LogP contribution in [-0.4, -0.2) is 17.2 Å². The van der Waals surface area contributed by atoms with Gasteiger partial charge in [-0.05, 0) is 26.0 Å². The molecule has 0 fully saturated rings. The molecule has 0 spiro atoms. The van der Waals surface area contributed by atoms with Crippen molar-refractivity contribution in [3.8, 4) is 0 Å². The Morgan fingerprint density at radius 3 is 1.70 bits per heavy atom. The molecule has 0 heterocycles. The van der Waals surface area contributed by atoms with E-state index in [2.05, 4.69) is 19.6 Å². The quantitative estimate of drug-likeness (QED) is 0.314. The van der Waals surface area contributed by atoms with Gasteiger partial charge in [0.1, 0.15) is 5.75 Å². The van der Waals surface area contributed by atoms with Crippen LogP contribution in [0.25, 0.3) is 0 Å². The molecular weight excluding hydrogens is 179 g/mol. The van der Waals surface area contributed by atoms with Crippen molar-refractivity contribution in [1.29, 1.82) is 0 Å². The van der Waals surface area contributed by atoms with E-state index >= 15 is 0 Å². The molecule has 0 aliphatic heterocycles. The van der Waals surface area contributed by atoms with E-state index in [4.69, 9.17) is 9.90 Å². The van der Waals surface area contributed by atoms with E-state index in [1.54, 1.807) is 0 Å². The molecule has 5 heteroatoms. The Labute approximate surface area is 110 Å². The van der Waals surface area contributed by atoms with Gasteiger partial charge in [-0.25, -0.2) is 0 Å². The van der Waals surface area contributed by atoms with Gasteiger partial charge < -0.3 is 15.4 Å². The fourth-order valence-corrected chi connectivity index (χ4v) is 0. The average molecular weight is 192 g/mol. The minimum absolute atomic E-state index is 0. The van der Waals surface area contributed by atoms with Gasteiger partial charge in [-0.15, -0.1) is 0 Å².